The predicted octanol–water partition coefficient (Wildman–Crippen LogP) is 3.74. The molecule has 96 valence electrons. The molecule has 1 saturated carbocycles. The molecule has 0 aliphatic heterocycles. The van der Waals surface area contributed by atoms with Crippen LogP contribution in [0.4, 0.5) is 13.2 Å². The quantitative estimate of drug-likeness (QED) is 0.718. The Kier molecular flexibility index (Phi) is 5.59. The highest BCUT2D eigenvalue weighted by molar-refractivity contribution is 4.74. The Morgan fingerprint density at radius 3 is 2.50 bits per heavy atom. The summed E-state index contributed by atoms with van der Waals surface area (Å²) in [4.78, 5) is 0. The Morgan fingerprint density at radius 2 is 1.88 bits per heavy atom. The minimum Gasteiger partial charge on any atom is -0.316 e. The summed E-state index contributed by atoms with van der Waals surface area (Å²) in [6.07, 6.45) is 1.38. The lowest BCUT2D eigenvalue weighted by Crippen LogP contribution is -2.29. The van der Waals surface area contributed by atoms with Crippen molar-refractivity contribution in [1.29, 1.82) is 0 Å². The molecule has 0 heterocycles. The Hall–Kier alpha value is -0.250. The molecule has 1 rings (SSSR count). The summed E-state index contributed by atoms with van der Waals surface area (Å²) in [5.41, 5.74) is 0. The van der Waals surface area contributed by atoms with Gasteiger partial charge < -0.3 is 5.32 Å². The summed E-state index contributed by atoms with van der Waals surface area (Å²) in [6, 6.07) is 0. The van der Waals surface area contributed by atoms with Crippen molar-refractivity contribution in [3.05, 3.63) is 0 Å². The predicted molar refractivity (Wildman–Crippen MR) is 59.3 cm³/mol. The van der Waals surface area contributed by atoms with Crippen molar-refractivity contribution < 1.29 is 13.2 Å². The SMILES string of the molecule is CCC1CCCC(CNCCC(F)(F)F)C1. The van der Waals surface area contributed by atoms with Crippen LogP contribution in [0.1, 0.15) is 45.4 Å². The second-order valence-corrected chi connectivity index (χ2v) is 4.88. The average Bonchev–Trinajstić information content (AvgIpc) is 2.23. The normalized spacial score (nSPS) is 27.0. The Labute approximate surface area is 95.8 Å². The van der Waals surface area contributed by atoms with Gasteiger partial charge >= 0.3 is 6.18 Å². The van der Waals surface area contributed by atoms with E-state index in [4.69, 9.17) is 0 Å². The molecule has 0 aromatic carbocycles. The zero-order chi connectivity index (χ0) is 12.0. The molecular weight excluding hydrogens is 215 g/mol. The molecule has 0 amide bonds. The van der Waals surface area contributed by atoms with E-state index in [0.717, 1.165) is 12.5 Å². The molecule has 0 aromatic heterocycles. The van der Waals surface area contributed by atoms with E-state index >= 15 is 0 Å². The molecule has 1 aliphatic rings. The van der Waals surface area contributed by atoms with Gasteiger partial charge in [-0.05, 0) is 31.2 Å². The molecule has 0 aromatic rings. The summed E-state index contributed by atoms with van der Waals surface area (Å²) in [6.45, 7) is 3.02. The van der Waals surface area contributed by atoms with Crippen LogP contribution in [0.25, 0.3) is 0 Å². The summed E-state index contributed by atoms with van der Waals surface area (Å²) in [5, 5.41) is 2.94. The lowest BCUT2D eigenvalue weighted by Gasteiger charge is -2.28. The first kappa shape index (κ1) is 13.8. The van der Waals surface area contributed by atoms with Crippen molar-refractivity contribution in [1.82, 2.24) is 5.32 Å². The van der Waals surface area contributed by atoms with E-state index in [1.807, 2.05) is 0 Å². The largest absolute Gasteiger partial charge is 0.390 e. The first-order chi connectivity index (χ1) is 7.51. The molecule has 0 spiro atoms. The van der Waals surface area contributed by atoms with Gasteiger partial charge in [0.05, 0.1) is 6.42 Å². The van der Waals surface area contributed by atoms with Gasteiger partial charge in [-0.15, -0.1) is 0 Å². The van der Waals surface area contributed by atoms with Gasteiger partial charge in [-0.2, -0.15) is 13.2 Å². The number of hydrogen-bond acceptors (Lipinski definition) is 1. The molecule has 2 unspecified atom stereocenters. The van der Waals surface area contributed by atoms with Crippen LogP contribution in [0, 0.1) is 11.8 Å². The number of halogens is 3. The summed E-state index contributed by atoms with van der Waals surface area (Å²) in [5.74, 6) is 1.38. The van der Waals surface area contributed by atoms with E-state index in [9.17, 15) is 13.2 Å². The van der Waals surface area contributed by atoms with Crippen LogP contribution in [0.5, 0.6) is 0 Å². The fraction of sp³-hybridized carbons (Fsp3) is 1.00. The molecule has 16 heavy (non-hydrogen) atoms. The van der Waals surface area contributed by atoms with Crippen LogP contribution in [-0.2, 0) is 0 Å². The van der Waals surface area contributed by atoms with Gasteiger partial charge in [0.2, 0.25) is 0 Å². The van der Waals surface area contributed by atoms with Crippen LogP contribution in [0.15, 0.2) is 0 Å². The standard InChI is InChI=1S/C12H22F3N/c1-2-10-4-3-5-11(8-10)9-16-7-6-12(13,14)15/h10-11,16H,2-9H2,1H3. The van der Waals surface area contributed by atoms with E-state index in [1.165, 1.54) is 32.1 Å². The van der Waals surface area contributed by atoms with Crippen molar-refractivity contribution >= 4 is 0 Å². The third-order valence-electron chi connectivity index (χ3n) is 3.49. The van der Waals surface area contributed by atoms with Crippen LogP contribution >= 0.6 is 0 Å². The highest BCUT2D eigenvalue weighted by Gasteiger charge is 2.26. The van der Waals surface area contributed by atoms with E-state index in [2.05, 4.69) is 12.2 Å². The van der Waals surface area contributed by atoms with Crippen molar-refractivity contribution in [2.24, 2.45) is 11.8 Å². The topological polar surface area (TPSA) is 12.0 Å². The Morgan fingerprint density at radius 1 is 1.19 bits per heavy atom. The van der Waals surface area contributed by atoms with Gasteiger partial charge in [-0.1, -0.05) is 26.2 Å². The van der Waals surface area contributed by atoms with Gasteiger partial charge in [0.15, 0.2) is 0 Å². The van der Waals surface area contributed by atoms with Crippen LogP contribution in [0.3, 0.4) is 0 Å². The summed E-state index contributed by atoms with van der Waals surface area (Å²) >= 11 is 0. The molecular formula is C12H22F3N. The van der Waals surface area contributed by atoms with E-state index in [-0.39, 0.29) is 6.54 Å². The maximum Gasteiger partial charge on any atom is 0.390 e. The average molecular weight is 237 g/mol. The lowest BCUT2D eigenvalue weighted by atomic mass is 9.80. The highest BCUT2D eigenvalue weighted by atomic mass is 19.4. The molecule has 2 atom stereocenters. The maximum atomic E-state index is 11.9. The minimum absolute atomic E-state index is 0.0663. The van der Waals surface area contributed by atoms with Crippen molar-refractivity contribution in [2.75, 3.05) is 13.1 Å². The molecule has 1 N–H and O–H groups in total. The van der Waals surface area contributed by atoms with Crippen molar-refractivity contribution in [3.63, 3.8) is 0 Å². The second-order valence-electron chi connectivity index (χ2n) is 4.88. The molecule has 1 fully saturated rings. The second kappa shape index (κ2) is 6.48. The van der Waals surface area contributed by atoms with Gasteiger partial charge in [0.25, 0.3) is 0 Å². The Bertz CT molecular complexity index is 191. The van der Waals surface area contributed by atoms with Gasteiger partial charge in [-0.3, -0.25) is 0 Å². The van der Waals surface area contributed by atoms with Crippen LogP contribution < -0.4 is 5.32 Å². The van der Waals surface area contributed by atoms with Gasteiger partial charge in [-0.25, -0.2) is 0 Å². The van der Waals surface area contributed by atoms with E-state index < -0.39 is 12.6 Å². The summed E-state index contributed by atoms with van der Waals surface area (Å²) < 4.78 is 35.7. The molecule has 4 heteroatoms. The number of hydrogen-bond donors (Lipinski definition) is 1. The van der Waals surface area contributed by atoms with Gasteiger partial charge in [0.1, 0.15) is 0 Å². The van der Waals surface area contributed by atoms with Crippen LogP contribution in [-0.4, -0.2) is 19.3 Å². The molecule has 0 bridgehead atoms. The monoisotopic (exact) mass is 237 g/mol. The smallest absolute Gasteiger partial charge is 0.316 e. The molecule has 0 radical (unpaired) electrons. The van der Waals surface area contributed by atoms with Gasteiger partial charge in [0, 0.05) is 6.54 Å². The van der Waals surface area contributed by atoms with E-state index in [1.54, 1.807) is 0 Å². The third kappa shape index (κ3) is 5.73. The highest BCUT2D eigenvalue weighted by Crippen LogP contribution is 2.30. The van der Waals surface area contributed by atoms with E-state index in [0.29, 0.717) is 5.92 Å². The molecule has 1 aliphatic carbocycles. The fourth-order valence-corrected chi connectivity index (χ4v) is 2.49. The minimum atomic E-state index is -4.02. The third-order valence-corrected chi connectivity index (χ3v) is 3.49. The van der Waals surface area contributed by atoms with Crippen molar-refractivity contribution in [2.45, 2.75) is 51.6 Å². The van der Waals surface area contributed by atoms with Crippen LogP contribution in [0.2, 0.25) is 0 Å². The zero-order valence-corrected chi connectivity index (χ0v) is 9.95. The number of rotatable bonds is 5. The number of nitrogens with one attached hydrogen (secondary N) is 1. The first-order valence-electron chi connectivity index (χ1n) is 6.28. The number of alkyl halides is 3. The maximum absolute atomic E-state index is 11.9. The molecule has 1 nitrogen and oxygen atoms in total. The summed E-state index contributed by atoms with van der Waals surface area (Å²) in [7, 11) is 0. The lowest BCUT2D eigenvalue weighted by molar-refractivity contribution is -0.133. The Balaban J connectivity index is 2.08. The zero-order valence-electron chi connectivity index (χ0n) is 9.95. The van der Waals surface area contributed by atoms with Crippen molar-refractivity contribution in [3.8, 4) is 0 Å². The molecule has 0 saturated heterocycles. The first-order valence-corrected chi connectivity index (χ1v) is 6.28. The fourth-order valence-electron chi connectivity index (χ4n) is 2.49.